The number of amides is 2. The van der Waals surface area contributed by atoms with Gasteiger partial charge in [-0.2, -0.15) is 0 Å². The number of methoxy groups -OCH3 is 1. The first kappa shape index (κ1) is 24.0. The summed E-state index contributed by atoms with van der Waals surface area (Å²) in [5.41, 5.74) is 3.36. The number of nitro groups is 1. The van der Waals surface area contributed by atoms with Gasteiger partial charge in [-0.3, -0.25) is 24.5 Å². The van der Waals surface area contributed by atoms with Crippen LogP contribution in [0.25, 0.3) is 0 Å². The molecule has 3 rings (SSSR count). The van der Waals surface area contributed by atoms with Crippen LogP contribution < -0.4 is 20.5 Å². The molecule has 0 aliphatic carbocycles. The number of non-ortho nitro benzene ring substituents is 1. The number of nitrogens with one attached hydrogen (secondary N) is 1. The second-order valence-electron chi connectivity index (χ2n) is 7.22. The zero-order chi connectivity index (χ0) is 24.9. The topological polar surface area (TPSA) is 193 Å². The average molecular weight is 472 g/mol. The van der Waals surface area contributed by atoms with E-state index in [9.17, 15) is 29.6 Å². The first-order chi connectivity index (χ1) is 16.1. The van der Waals surface area contributed by atoms with Crippen LogP contribution in [0.15, 0.2) is 47.6 Å². The number of carbonyl (C=O) groups is 3. The Morgan fingerprint density at radius 1 is 1.26 bits per heavy atom. The molecule has 2 amide bonds. The molecule has 13 heteroatoms. The predicted octanol–water partition coefficient (Wildman–Crippen LogP) is 1.44. The number of anilines is 1. The highest BCUT2D eigenvalue weighted by atomic mass is 16.7. The van der Waals surface area contributed by atoms with Gasteiger partial charge < -0.3 is 30.5 Å². The molecule has 1 atom stereocenters. The van der Waals surface area contributed by atoms with Crippen molar-refractivity contribution < 1.29 is 38.7 Å². The first-order valence-corrected chi connectivity index (χ1v) is 9.76. The van der Waals surface area contributed by atoms with Crippen LogP contribution in [0.3, 0.4) is 0 Å². The number of hydrogen-bond acceptors (Lipinski definition) is 9. The molecule has 13 nitrogen and oxygen atoms in total. The zero-order valence-corrected chi connectivity index (χ0v) is 17.8. The highest BCUT2D eigenvalue weighted by Crippen LogP contribution is 2.36. The summed E-state index contributed by atoms with van der Waals surface area (Å²) < 4.78 is 10.5. The molecule has 0 radical (unpaired) electrons. The van der Waals surface area contributed by atoms with Gasteiger partial charge in [0.15, 0.2) is 6.61 Å². The molecule has 2 aromatic carbocycles. The van der Waals surface area contributed by atoms with Crippen LogP contribution in [-0.4, -0.2) is 52.8 Å². The molecule has 0 bridgehead atoms. The average Bonchev–Trinajstić information content (AvgIpc) is 3.22. The van der Waals surface area contributed by atoms with Gasteiger partial charge in [0, 0.05) is 24.1 Å². The van der Waals surface area contributed by atoms with Crippen molar-refractivity contribution in [3.63, 3.8) is 0 Å². The number of para-hydroxylation sites is 1. The van der Waals surface area contributed by atoms with Gasteiger partial charge >= 0.3 is 5.97 Å². The van der Waals surface area contributed by atoms with Gasteiger partial charge in [0.2, 0.25) is 5.60 Å². The molecule has 0 saturated carbocycles. The number of nitro benzene ring substituents is 1. The Balaban J connectivity index is 1.90. The van der Waals surface area contributed by atoms with Crippen LogP contribution in [-0.2, 0) is 19.2 Å². The van der Waals surface area contributed by atoms with Crippen LogP contribution >= 0.6 is 0 Å². The molecule has 4 N–H and O–H groups in total. The maximum atomic E-state index is 13.2. The van der Waals surface area contributed by atoms with Crippen molar-refractivity contribution in [2.75, 3.05) is 19.0 Å². The second-order valence-corrected chi connectivity index (χ2v) is 7.22. The Bertz CT molecular complexity index is 1180. The number of carbonyl (C=O) groups excluding carboxylic acids is 2. The van der Waals surface area contributed by atoms with E-state index in [-0.39, 0.29) is 35.0 Å². The van der Waals surface area contributed by atoms with Crippen molar-refractivity contribution in [2.24, 2.45) is 10.9 Å². The van der Waals surface area contributed by atoms with E-state index in [1.165, 1.54) is 19.2 Å². The van der Waals surface area contributed by atoms with Gasteiger partial charge in [-0.1, -0.05) is 17.3 Å². The van der Waals surface area contributed by atoms with E-state index < -0.39 is 41.3 Å². The predicted molar refractivity (Wildman–Crippen MR) is 117 cm³/mol. The first-order valence-electron chi connectivity index (χ1n) is 9.76. The van der Waals surface area contributed by atoms with Gasteiger partial charge in [0.25, 0.3) is 17.5 Å². The third-order valence-corrected chi connectivity index (χ3v) is 4.84. The minimum atomic E-state index is -1.96. The lowest BCUT2D eigenvalue weighted by Crippen LogP contribution is -2.45. The fraction of sp³-hybridized carbons (Fsp3) is 0.238. The minimum Gasteiger partial charge on any atom is -0.495 e. The number of oxime groups is 1. The molecule has 1 aliphatic heterocycles. The van der Waals surface area contributed by atoms with Crippen LogP contribution in [0.2, 0.25) is 0 Å². The number of carboxylic acid groups (broad SMARTS) is 1. The highest BCUT2D eigenvalue weighted by Gasteiger charge is 2.49. The quantitative estimate of drug-likeness (QED) is 0.339. The minimum absolute atomic E-state index is 0.0475. The number of benzene rings is 2. The zero-order valence-electron chi connectivity index (χ0n) is 17.8. The number of rotatable bonds is 10. The van der Waals surface area contributed by atoms with Crippen molar-refractivity contribution in [2.45, 2.75) is 18.4 Å². The van der Waals surface area contributed by atoms with Gasteiger partial charge in [0.1, 0.15) is 11.5 Å². The maximum Gasteiger partial charge on any atom is 0.308 e. The largest absolute Gasteiger partial charge is 0.495 e. The van der Waals surface area contributed by atoms with Crippen LogP contribution in [0.1, 0.15) is 18.4 Å². The van der Waals surface area contributed by atoms with E-state index in [4.69, 9.17) is 20.0 Å². The second kappa shape index (κ2) is 9.85. The number of aliphatic carboxylic acids is 1. The molecule has 0 unspecified atom stereocenters. The van der Waals surface area contributed by atoms with Crippen molar-refractivity contribution in [1.82, 2.24) is 0 Å². The van der Waals surface area contributed by atoms with E-state index in [2.05, 4.69) is 10.5 Å². The lowest BCUT2D eigenvalue weighted by Gasteiger charge is -2.24. The summed E-state index contributed by atoms with van der Waals surface area (Å²) in [5, 5.41) is 26.9. The van der Waals surface area contributed by atoms with Crippen LogP contribution in [0, 0.1) is 10.1 Å². The molecule has 0 fully saturated rings. The summed E-state index contributed by atoms with van der Waals surface area (Å²) in [4.78, 5) is 51.7. The number of hydrogen-bond donors (Lipinski definition) is 3. The SMILES string of the molecule is COc1ccc([N+](=O)[O-])cc1NC(=O)[C@@]1(CC(=O)O)CC(c2ccccc2OCC(N)=O)=NO1. The molecule has 178 valence electrons. The molecule has 2 aromatic rings. The van der Waals surface area contributed by atoms with Crippen LogP contribution in [0.5, 0.6) is 11.5 Å². The Morgan fingerprint density at radius 2 is 2.00 bits per heavy atom. The third-order valence-electron chi connectivity index (χ3n) is 4.84. The molecule has 1 aliphatic rings. The Hall–Kier alpha value is -4.68. The van der Waals surface area contributed by atoms with Gasteiger partial charge in [-0.05, 0) is 18.2 Å². The molecular weight excluding hydrogens is 452 g/mol. The van der Waals surface area contributed by atoms with E-state index in [1.54, 1.807) is 24.3 Å². The summed E-state index contributed by atoms with van der Waals surface area (Å²) in [5.74, 6) is -2.59. The standard InChI is InChI=1S/C21H20N4O9/c1-32-17-7-6-12(25(30)31)8-14(17)23-20(29)21(10-19(27)28)9-15(24-34-21)13-4-2-3-5-16(13)33-11-18(22)26/h2-8H,9-11H2,1H3,(H2,22,26)(H,23,29)(H,27,28)/t21-/m0/s1. The molecule has 0 aromatic heterocycles. The normalized spacial score (nSPS) is 16.7. The summed E-state index contributed by atoms with van der Waals surface area (Å²) in [7, 11) is 1.31. The van der Waals surface area contributed by atoms with Crippen LogP contribution in [0.4, 0.5) is 11.4 Å². The third kappa shape index (κ3) is 5.20. The summed E-state index contributed by atoms with van der Waals surface area (Å²) >= 11 is 0. The van der Waals surface area contributed by atoms with Gasteiger partial charge in [-0.25, -0.2) is 0 Å². The van der Waals surface area contributed by atoms with Crippen molar-refractivity contribution >= 4 is 34.9 Å². The molecular formula is C21H20N4O9. The molecule has 34 heavy (non-hydrogen) atoms. The summed E-state index contributed by atoms with van der Waals surface area (Å²) in [6.45, 7) is -0.404. The number of nitrogens with two attached hydrogens (primary N) is 1. The fourth-order valence-corrected chi connectivity index (χ4v) is 3.29. The van der Waals surface area contributed by atoms with E-state index in [1.807, 2.05) is 0 Å². The van der Waals surface area contributed by atoms with Gasteiger partial charge in [0.05, 0.1) is 29.9 Å². The number of nitrogens with zero attached hydrogens (tertiary/aromatic N) is 2. The van der Waals surface area contributed by atoms with E-state index in [0.29, 0.717) is 5.56 Å². The number of primary amides is 1. The smallest absolute Gasteiger partial charge is 0.308 e. The Labute approximate surface area is 192 Å². The van der Waals surface area contributed by atoms with E-state index >= 15 is 0 Å². The monoisotopic (exact) mass is 472 g/mol. The Kier molecular flexibility index (Phi) is 6.95. The molecule has 0 saturated heterocycles. The van der Waals surface area contributed by atoms with Gasteiger partial charge in [-0.15, -0.1) is 0 Å². The van der Waals surface area contributed by atoms with E-state index in [0.717, 1.165) is 6.07 Å². The van der Waals surface area contributed by atoms with Crippen molar-refractivity contribution in [1.29, 1.82) is 0 Å². The number of carboxylic acids is 1. The molecule has 1 heterocycles. The summed E-state index contributed by atoms with van der Waals surface area (Å²) in [6, 6.07) is 10.00. The summed E-state index contributed by atoms with van der Waals surface area (Å²) in [6.07, 6.45) is -1.02. The highest BCUT2D eigenvalue weighted by molar-refractivity contribution is 6.10. The number of ether oxygens (including phenoxy) is 2. The maximum absolute atomic E-state index is 13.2. The lowest BCUT2D eigenvalue weighted by molar-refractivity contribution is -0.384. The van der Waals surface area contributed by atoms with Crippen molar-refractivity contribution in [3.8, 4) is 11.5 Å². The van der Waals surface area contributed by atoms with Crippen molar-refractivity contribution in [3.05, 3.63) is 58.1 Å². The lowest BCUT2D eigenvalue weighted by atomic mass is 9.89. The molecule has 0 spiro atoms. The Morgan fingerprint density at radius 3 is 2.65 bits per heavy atom. The fourth-order valence-electron chi connectivity index (χ4n) is 3.29.